The highest BCUT2D eigenvalue weighted by atomic mass is 32.2. The van der Waals surface area contributed by atoms with E-state index in [1.54, 1.807) is 30.5 Å². The molecular formula is C21H26N4O3S. The second-order valence-corrected chi connectivity index (χ2v) is 8.89. The summed E-state index contributed by atoms with van der Waals surface area (Å²) in [6.45, 7) is 5.96. The van der Waals surface area contributed by atoms with Crippen LogP contribution < -0.4 is 14.4 Å². The van der Waals surface area contributed by atoms with E-state index in [1.165, 1.54) is 0 Å². The Labute approximate surface area is 172 Å². The third-order valence-corrected chi connectivity index (χ3v) is 6.52. The topological polar surface area (TPSA) is 95.3 Å². The molecule has 1 fully saturated rings. The first kappa shape index (κ1) is 21.1. The van der Waals surface area contributed by atoms with Crippen LogP contribution in [0.4, 0.5) is 5.82 Å². The van der Waals surface area contributed by atoms with Gasteiger partial charge in [-0.1, -0.05) is 6.07 Å². The normalized spacial score (nSPS) is 15.1. The second kappa shape index (κ2) is 9.25. The van der Waals surface area contributed by atoms with Crippen molar-refractivity contribution in [3.05, 3.63) is 47.7 Å². The molecule has 7 nitrogen and oxygen atoms in total. The lowest BCUT2D eigenvalue weighted by Gasteiger charge is -2.33. The van der Waals surface area contributed by atoms with E-state index in [4.69, 9.17) is 4.74 Å². The van der Waals surface area contributed by atoms with Crippen LogP contribution in [-0.4, -0.2) is 39.6 Å². The summed E-state index contributed by atoms with van der Waals surface area (Å²) in [4.78, 5) is 6.62. The van der Waals surface area contributed by atoms with Gasteiger partial charge in [-0.15, -0.1) is 0 Å². The maximum atomic E-state index is 12.8. The van der Waals surface area contributed by atoms with Crippen molar-refractivity contribution in [1.29, 1.82) is 5.26 Å². The highest BCUT2D eigenvalue weighted by molar-refractivity contribution is 7.89. The van der Waals surface area contributed by atoms with Gasteiger partial charge in [0.1, 0.15) is 22.5 Å². The van der Waals surface area contributed by atoms with Crippen molar-refractivity contribution in [3.8, 4) is 11.8 Å². The molecule has 2 aromatic rings. The molecular weight excluding hydrogens is 388 g/mol. The Morgan fingerprint density at radius 2 is 2.07 bits per heavy atom. The lowest BCUT2D eigenvalue weighted by atomic mass is 9.97. The van der Waals surface area contributed by atoms with Crippen LogP contribution in [0.25, 0.3) is 0 Å². The molecule has 154 valence electrons. The van der Waals surface area contributed by atoms with Crippen molar-refractivity contribution in [2.24, 2.45) is 5.92 Å². The Bertz CT molecular complexity index is 993. The molecule has 2 heterocycles. The van der Waals surface area contributed by atoms with E-state index in [1.807, 2.05) is 19.9 Å². The smallest absolute Gasteiger partial charge is 0.244 e. The Morgan fingerprint density at radius 1 is 1.31 bits per heavy atom. The second-order valence-electron chi connectivity index (χ2n) is 7.15. The summed E-state index contributed by atoms with van der Waals surface area (Å²) in [5.41, 5.74) is 1.43. The van der Waals surface area contributed by atoms with Gasteiger partial charge in [0.05, 0.1) is 12.2 Å². The Kier molecular flexibility index (Phi) is 6.72. The number of aromatic nitrogens is 1. The van der Waals surface area contributed by atoms with Gasteiger partial charge in [-0.2, -0.15) is 5.26 Å². The van der Waals surface area contributed by atoms with Crippen molar-refractivity contribution in [2.75, 3.05) is 31.1 Å². The lowest BCUT2D eigenvalue weighted by Crippen LogP contribution is -2.39. The van der Waals surface area contributed by atoms with E-state index in [2.05, 4.69) is 20.7 Å². The first-order chi connectivity index (χ1) is 13.9. The van der Waals surface area contributed by atoms with E-state index < -0.39 is 10.0 Å². The summed E-state index contributed by atoms with van der Waals surface area (Å²) in [5, 5.41) is 9.26. The van der Waals surface area contributed by atoms with E-state index in [0.29, 0.717) is 30.3 Å². The number of ether oxygens (including phenoxy) is 1. The van der Waals surface area contributed by atoms with Gasteiger partial charge in [0.2, 0.25) is 10.0 Å². The summed E-state index contributed by atoms with van der Waals surface area (Å²) in [7, 11) is -3.66. The minimum absolute atomic E-state index is 0.184. The summed E-state index contributed by atoms with van der Waals surface area (Å²) in [6.07, 6.45) is 3.35. The van der Waals surface area contributed by atoms with Crippen LogP contribution in [0.2, 0.25) is 0 Å². The minimum atomic E-state index is -3.66. The van der Waals surface area contributed by atoms with E-state index in [0.717, 1.165) is 31.5 Å². The van der Waals surface area contributed by atoms with Crippen LogP contribution in [0.1, 0.15) is 30.9 Å². The van der Waals surface area contributed by atoms with Crippen molar-refractivity contribution in [1.82, 2.24) is 9.71 Å². The third kappa shape index (κ3) is 5.05. The molecule has 0 amide bonds. The Balaban J connectivity index is 1.62. The highest BCUT2D eigenvalue weighted by Crippen LogP contribution is 2.27. The quantitative estimate of drug-likeness (QED) is 0.749. The van der Waals surface area contributed by atoms with Crippen LogP contribution in [0.15, 0.2) is 41.4 Å². The number of anilines is 1. The fourth-order valence-corrected chi connectivity index (χ4v) is 4.83. The molecule has 1 aliphatic rings. The SMILES string of the molecule is CCOc1ccc(C)cc1S(=O)(=O)NCC1CCN(c2ncccc2C#N)CC1. The molecule has 29 heavy (non-hydrogen) atoms. The third-order valence-electron chi connectivity index (χ3n) is 5.07. The number of piperidine rings is 1. The molecule has 0 radical (unpaired) electrons. The zero-order chi connectivity index (χ0) is 20.9. The van der Waals surface area contributed by atoms with Crippen LogP contribution >= 0.6 is 0 Å². The first-order valence-corrected chi connectivity index (χ1v) is 11.3. The number of nitrogens with zero attached hydrogens (tertiary/aromatic N) is 3. The van der Waals surface area contributed by atoms with E-state index >= 15 is 0 Å². The number of hydrogen-bond donors (Lipinski definition) is 1. The molecule has 8 heteroatoms. The van der Waals surface area contributed by atoms with Crippen molar-refractivity contribution >= 4 is 15.8 Å². The van der Waals surface area contributed by atoms with Crippen LogP contribution in [0.3, 0.4) is 0 Å². The maximum Gasteiger partial charge on any atom is 0.244 e. The minimum Gasteiger partial charge on any atom is -0.492 e. The average Bonchev–Trinajstić information content (AvgIpc) is 2.74. The molecule has 0 saturated carbocycles. The van der Waals surface area contributed by atoms with Crippen molar-refractivity contribution < 1.29 is 13.2 Å². The molecule has 3 rings (SSSR count). The van der Waals surface area contributed by atoms with Crippen LogP contribution in [0, 0.1) is 24.2 Å². The van der Waals surface area contributed by atoms with E-state index in [-0.39, 0.29) is 10.8 Å². The number of pyridine rings is 1. The lowest BCUT2D eigenvalue weighted by molar-refractivity contribution is 0.330. The molecule has 1 saturated heterocycles. The predicted octanol–water partition coefficient (Wildman–Crippen LogP) is 2.86. The van der Waals surface area contributed by atoms with E-state index in [9.17, 15) is 13.7 Å². The van der Waals surface area contributed by atoms with Gasteiger partial charge >= 0.3 is 0 Å². The molecule has 1 aromatic heterocycles. The molecule has 1 aromatic carbocycles. The molecule has 0 spiro atoms. The fraction of sp³-hybridized carbons (Fsp3) is 0.429. The number of rotatable bonds is 7. The molecule has 1 aliphatic heterocycles. The van der Waals surface area contributed by atoms with Crippen molar-refractivity contribution in [2.45, 2.75) is 31.6 Å². The zero-order valence-corrected chi connectivity index (χ0v) is 17.6. The van der Waals surface area contributed by atoms with Gasteiger partial charge in [-0.3, -0.25) is 0 Å². The Morgan fingerprint density at radius 3 is 2.76 bits per heavy atom. The highest BCUT2D eigenvalue weighted by Gasteiger charge is 2.25. The average molecular weight is 415 g/mol. The molecule has 0 aliphatic carbocycles. The largest absolute Gasteiger partial charge is 0.492 e. The van der Waals surface area contributed by atoms with Crippen molar-refractivity contribution in [3.63, 3.8) is 0 Å². The maximum absolute atomic E-state index is 12.8. The number of nitriles is 1. The van der Waals surface area contributed by atoms with Gasteiger partial charge in [0, 0.05) is 25.8 Å². The molecule has 0 atom stereocenters. The number of hydrogen-bond acceptors (Lipinski definition) is 6. The first-order valence-electron chi connectivity index (χ1n) is 9.77. The number of aryl methyl sites for hydroxylation is 1. The monoisotopic (exact) mass is 414 g/mol. The van der Waals surface area contributed by atoms with Crippen LogP contribution in [-0.2, 0) is 10.0 Å². The van der Waals surface area contributed by atoms with Gasteiger partial charge in [0.25, 0.3) is 0 Å². The summed E-state index contributed by atoms with van der Waals surface area (Å²) < 4.78 is 33.9. The van der Waals surface area contributed by atoms with Gasteiger partial charge in [-0.25, -0.2) is 18.1 Å². The fourth-order valence-electron chi connectivity index (χ4n) is 3.49. The summed E-state index contributed by atoms with van der Waals surface area (Å²) >= 11 is 0. The molecule has 0 unspecified atom stereocenters. The van der Waals surface area contributed by atoms with Gasteiger partial charge < -0.3 is 9.64 Å². The zero-order valence-electron chi connectivity index (χ0n) is 16.8. The van der Waals surface area contributed by atoms with Gasteiger partial charge in [-0.05, 0) is 62.4 Å². The molecule has 1 N–H and O–H groups in total. The number of nitrogens with one attached hydrogen (secondary N) is 1. The summed E-state index contributed by atoms with van der Waals surface area (Å²) in [5.74, 6) is 1.31. The van der Waals surface area contributed by atoms with Crippen LogP contribution in [0.5, 0.6) is 5.75 Å². The standard InChI is InChI=1S/C21H26N4O3S/c1-3-28-19-7-6-16(2)13-20(19)29(26,27)24-15-17-8-11-25(12-9-17)21-18(14-22)5-4-10-23-21/h4-7,10,13,17,24H,3,8-9,11-12,15H2,1-2H3. The number of sulfonamides is 1. The molecule has 0 bridgehead atoms. The summed E-state index contributed by atoms with van der Waals surface area (Å²) in [6, 6.07) is 10.9. The van der Waals surface area contributed by atoms with Gasteiger partial charge in [0.15, 0.2) is 0 Å². The predicted molar refractivity (Wildman–Crippen MR) is 111 cm³/mol. The Hall–Kier alpha value is -2.63. The number of benzene rings is 1.